The van der Waals surface area contributed by atoms with Gasteiger partial charge >= 0.3 is 0 Å². The van der Waals surface area contributed by atoms with E-state index >= 15 is 0 Å². The number of carbonyl (C=O) groups is 4. The second-order valence-corrected chi connectivity index (χ2v) is 10.2. The number of carbonyl (C=O) groups excluding carboxylic acids is 4. The average molecular weight is 661 g/mol. The molecule has 38 heavy (non-hydrogen) atoms. The van der Waals surface area contributed by atoms with Crippen molar-refractivity contribution in [2.75, 3.05) is 24.7 Å². The van der Waals surface area contributed by atoms with E-state index in [0.717, 1.165) is 0 Å². The number of amides is 2. The van der Waals surface area contributed by atoms with Crippen molar-refractivity contribution in [2.24, 2.45) is 17.6 Å². The van der Waals surface area contributed by atoms with Crippen LogP contribution < -0.4 is 11.1 Å². The van der Waals surface area contributed by atoms with Crippen LogP contribution in [0.15, 0.2) is 34.8 Å². The van der Waals surface area contributed by atoms with Gasteiger partial charge in [-0.15, -0.1) is 17.0 Å². The molecule has 0 saturated carbocycles. The quantitative estimate of drug-likeness (QED) is 0.135. The van der Waals surface area contributed by atoms with Crippen LogP contribution >= 0.6 is 32.9 Å². The van der Waals surface area contributed by atoms with Gasteiger partial charge in [0.15, 0.2) is 17.1 Å². The van der Waals surface area contributed by atoms with E-state index in [1.165, 1.54) is 31.1 Å². The monoisotopic (exact) mass is 659 g/mol. The molecule has 0 saturated heterocycles. The maximum absolute atomic E-state index is 13.7. The topological polar surface area (TPSA) is 211 Å². The number of nitrogens with one attached hydrogen (secondary N) is 1. The number of ketones is 2. The number of aliphatic hydroxyl groups is 4. The smallest absolute Gasteiger partial charge is 0.255 e. The number of aliphatic hydroxyl groups excluding tert-OH is 3. The van der Waals surface area contributed by atoms with Crippen LogP contribution in [0.25, 0.3) is 0 Å². The molecule has 0 heterocycles. The molecule has 206 valence electrons. The number of anilines is 1. The van der Waals surface area contributed by atoms with E-state index in [-0.39, 0.29) is 33.6 Å². The van der Waals surface area contributed by atoms with Crippen LogP contribution in [0.5, 0.6) is 5.75 Å². The summed E-state index contributed by atoms with van der Waals surface area (Å²) in [5, 5.41) is 58.5. The fourth-order valence-electron chi connectivity index (χ4n) is 5.91. The summed E-state index contributed by atoms with van der Waals surface area (Å²) < 4.78 is 0. The molecule has 5 unspecified atom stereocenters. The van der Waals surface area contributed by atoms with Crippen LogP contribution in [-0.2, 0) is 14.4 Å². The van der Waals surface area contributed by atoms with Gasteiger partial charge in [0.25, 0.3) is 5.91 Å². The SMILES string of the molecule is Br.CC1c2ccc(NC(=O)CBr)c(O)c2C(=O)C2=C(O)C3(O)C(=O)C(C(N)=O)=C(O)[C@@H](N(C)C)C3C(O)C21. The Morgan fingerprint density at radius 2 is 1.79 bits per heavy atom. The second-order valence-electron chi connectivity index (χ2n) is 9.66. The molecule has 2 amide bonds. The fraction of sp³-hybridized carbons (Fsp3) is 0.417. The first-order valence-electron chi connectivity index (χ1n) is 11.3. The Morgan fingerprint density at radius 3 is 2.32 bits per heavy atom. The predicted octanol–water partition coefficient (Wildman–Crippen LogP) is 0.564. The second kappa shape index (κ2) is 10.1. The molecular formula is C24H27Br2N3O9. The normalized spacial score (nSPS) is 30.3. The first-order valence-corrected chi connectivity index (χ1v) is 12.4. The van der Waals surface area contributed by atoms with Crippen molar-refractivity contribution >= 4 is 62.0 Å². The number of hydrogen-bond donors (Lipinski definition) is 7. The summed E-state index contributed by atoms with van der Waals surface area (Å²) in [6.07, 6.45) is -1.68. The number of hydrogen-bond acceptors (Lipinski definition) is 10. The molecule has 4 rings (SSSR count). The zero-order valence-electron chi connectivity index (χ0n) is 20.4. The van der Waals surface area contributed by atoms with Crippen molar-refractivity contribution in [1.82, 2.24) is 4.90 Å². The lowest BCUT2D eigenvalue weighted by Crippen LogP contribution is -2.68. The molecule has 0 aliphatic heterocycles. The van der Waals surface area contributed by atoms with Crippen molar-refractivity contribution in [2.45, 2.75) is 30.6 Å². The van der Waals surface area contributed by atoms with Crippen molar-refractivity contribution in [3.05, 3.63) is 45.9 Å². The van der Waals surface area contributed by atoms with Gasteiger partial charge in [0.05, 0.1) is 34.6 Å². The van der Waals surface area contributed by atoms with Gasteiger partial charge in [-0.05, 0) is 31.6 Å². The van der Waals surface area contributed by atoms with Gasteiger partial charge in [-0.25, -0.2) is 0 Å². The number of fused-ring (bicyclic) bond motifs is 3. The van der Waals surface area contributed by atoms with E-state index < -0.39 is 87.3 Å². The zero-order valence-corrected chi connectivity index (χ0v) is 23.7. The Balaban J connectivity index is 0.00000400. The molecule has 0 aromatic heterocycles. The number of nitrogens with zero attached hydrogens (tertiary/aromatic N) is 1. The Bertz CT molecular complexity index is 1330. The maximum atomic E-state index is 13.7. The number of benzene rings is 1. The summed E-state index contributed by atoms with van der Waals surface area (Å²) in [5.41, 5.74) is 0.754. The Morgan fingerprint density at radius 1 is 1.18 bits per heavy atom. The highest BCUT2D eigenvalue weighted by Crippen LogP contribution is 2.56. The van der Waals surface area contributed by atoms with E-state index in [4.69, 9.17) is 5.73 Å². The van der Waals surface area contributed by atoms with Crippen LogP contribution in [0.3, 0.4) is 0 Å². The predicted molar refractivity (Wildman–Crippen MR) is 143 cm³/mol. The number of Topliss-reactive ketones (excluding diaryl/α,β-unsaturated/α-hetero) is 2. The summed E-state index contributed by atoms with van der Waals surface area (Å²) in [4.78, 5) is 52.3. The minimum atomic E-state index is -2.99. The zero-order chi connectivity index (χ0) is 27.7. The lowest BCUT2D eigenvalue weighted by molar-refractivity contribution is -0.162. The number of likely N-dealkylation sites (N-methyl/N-ethyl adjacent to an activating group) is 1. The van der Waals surface area contributed by atoms with Crippen LogP contribution in [0.1, 0.15) is 28.8 Å². The summed E-state index contributed by atoms with van der Waals surface area (Å²) in [6, 6.07) is 1.54. The maximum Gasteiger partial charge on any atom is 0.255 e. The molecule has 0 radical (unpaired) electrons. The average Bonchev–Trinajstić information content (AvgIpc) is 2.82. The number of rotatable bonds is 4. The third-order valence-electron chi connectivity index (χ3n) is 7.53. The van der Waals surface area contributed by atoms with Crippen molar-refractivity contribution in [3.63, 3.8) is 0 Å². The number of aromatic hydroxyl groups is 1. The lowest BCUT2D eigenvalue weighted by Gasteiger charge is -2.53. The van der Waals surface area contributed by atoms with E-state index in [2.05, 4.69) is 21.2 Å². The number of alkyl halides is 1. The largest absolute Gasteiger partial charge is 0.510 e. The van der Waals surface area contributed by atoms with Gasteiger partial charge < -0.3 is 36.6 Å². The molecule has 6 atom stereocenters. The molecule has 3 aliphatic carbocycles. The summed E-state index contributed by atoms with van der Waals surface area (Å²) >= 11 is 2.98. The van der Waals surface area contributed by atoms with E-state index in [1.807, 2.05) is 0 Å². The highest BCUT2D eigenvalue weighted by Gasteiger charge is 2.67. The van der Waals surface area contributed by atoms with E-state index in [0.29, 0.717) is 5.56 Å². The fourth-order valence-corrected chi connectivity index (χ4v) is 6.05. The number of halogens is 2. The number of nitrogens with two attached hydrogens (primary N) is 1. The van der Waals surface area contributed by atoms with Gasteiger partial charge in [-0.3, -0.25) is 24.1 Å². The molecule has 3 aliphatic rings. The molecule has 1 aromatic carbocycles. The molecule has 0 bridgehead atoms. The summed E-state index contributed by atoms with van der Waals surface area (Å²) in [7, 11) is 2.93. The number of phenols is 1. The lowest BCUT2D eigenvalue weighted by atomic mass is 9.55. The van der Waals surface area contributed by atoms with Gasteiger partial charge in [0.1, 0.15) is 17.1 Å². The summed E-state index contributed by atoms with van der Waals surface area (Å²) in [5.74, 6) is -10.3. The van der Waals surface area contributed by atoms with Crippen LogP contribution in [0, 0.1) is 11.8 Å². The molecule has 0 spiro atoms. The third kappa shape index (κ3) is 3.88. The Hall–Kier alpha value is -2.78. The number of phenolic OH excluding ortho intramolecular Hbond substituents is 1. The molecule has 12 nitrogen and oxygen atoms in total. The molecule has 14 heteroatoms. The first-order chi connectivity index (χ1) is 17.2. The van der Waals surface area contributed by atoms with Crippen LogP contribution in [0.2, 0.25) is 0 Å². The molecule has 8 N–H and O–H groups in total. The first kappa shape index (κ1) is 29.8. The van der Waals surface area contributed by atoms with Gasteiger partial charge in [-0.1, -0.05) is 28.9 Å². The Labute approximate surface area is 235 Å². The van der Waals surface area contributed by atoms with Crippen molar-refractivity contribution in [3.8, 4) is 5.75 Å². The molecular weight excluding hydrogens is 634 g/mol. The van der Waals surface area contributed by atoms with Crippen LogP contribution in [0.4, 0.5) is 5.69 Å². The minimum absolute atomic E-state index is 0. The third-order valence-corrected chi connectivity index (χ3v) is 8.04. The summed E-state index contributed by atoms with van der Waals surface area (Å²) in [6.45, 7) is 1.62. The van der Waals surface area contributed by atoms with Gasteiger partial charge in [0.2, 0.25) is 11.7 Å². The molecule has 0 fully saturated rings. The standard InChI is InChI=1S/C24H26BrN3O9.BrH/c1-7-8-4-5-9(27-10(29)6-25)17(30)12(8)18(31)13-11(7)19(32)15-16(28(2)3)20(33)14(23(26)36)22(35)24(15,37)21(13)34;/h4-5,7,11,15-16,19,30,32-34,37H,6H2,1-3H3,(H2,26,36)(H,27,29);1H/t7?,11?,15?,16-,19?,24?;/m0./s1. The van der Waals surface area contributed by atoms with Gasteiger partial charge in [0, 0.05) is 11.5 Å². The molecule has 1 aromatic rings. The van der Waals surface area contributed by atoms with E-state index in [9.17, 15) is 44.7 Å². The minimum Gasteiger partial charge on any atom is -0.510 e. The van der Waals surface area contributed by atoms with Crippen molar-refractivity contribution < 1.29 is 44.7 Å². The number of primary amides is 1. The highest BCUT2D eigenvalue weighted by atomic mass is 79.9. The van der Waals surface area contributed by atoms with Crippen molar-refractivity contribution in [1.29, 1.82) is 0 Å². The van der Waals surface area contributed by atoms with E-state index in [1.54, 1.807) is 6.92 Å². The highest BCUT2D eigenvalue weighted by molar-refractivity contribution is 9.09. The van der Waals surface area contributed by atoms with Gasteiger partial charge in [-0.2, -0.15) is 0 Å². The van der Waals surface area contributed by atoms with Crippen LogP contribution in [-0.4, -0.2) is 91.0 Å². The Kier molecular flexibility index (Phi) is 7.89.